The van der Waals surface area contributed by atoms with Crippen LogP contribution in [0.4, 0.5) is 0 Å². The number of rotatable bonds is 5. The summed E-state index contributed by atoms with van der Waals surface area (Å²) in [5.41, 5.74) is 1.25. The number of nitrogens with one attached hydrogen (secondary N) is 1. The molecule has 0 aliphatic carbocycles. The van der Waals surface area contributed by atoms with Gasteiger partial charge in [-0.1, -0.05) is 6.92 Å². The van der Waals surface area contributed by atoms with Crippen molar-refractivity contribution in [3.63, 3.8) is 0 Å². The Kier molecular flexibility index (Phi) is 3.16. The minimum absolute atomic E-state index is 0.546. The van der Waals surface area contributed by atoms with Crippen LogP contribution in [0.5, 0.6) is 0 Å². The molecular formula is C10H17N3O. The molecule has 0 radical (unpaired) electrons. The topological polar surface area (TPSA) is 39.1 Å². The Morgan fingerprint density at radius 3 is 3.14 bits per heavy atom. The number of aryl methyl sites for hydroxylation is 1. The Morgan fingerprint density at radius 2 is 2.50 bits per heavy atom. The van der Waals surface area contributed by atoms with E-state index in [-0.39, 0.29) is 0 Å². The maximum absolute atomic E-state index is 5.08. The molecule has 1 fully saturated rings. The average Bonchev–Trinajstić information content (AvgIpc) is 2.51. The van der Waals surface area contributed by atoms with Crippen LogP contribution in [-0.2, 0) is 17.8 Å². The fourth-order valence-electron chi connectivity index (χ4n) is 1.46. The van der Waals surface area contributed by atoms with Crippen LogP contribution in [0, 0.1) is 0 Å². The van der Waals surface area contributed by atoms with E-state index in [1.165, 1.54) is 5.56 Å². The SMILES string of the molecule is CCCn1cc(CNC2COC2)cn1. The lowest BCUT2D eigenvalue weighted by atomic mass is 10.2. The van der Waals surface area contributed by atoms with Gasteiger partial charge >= 0.3 is 0 Å². The van der Waals surface area contributed by atoms with Crippen LogP contribution in [0.15, 0.2) is 12.4 Å². The average molecular weight is 195 g/mol. The predicted molar refractivity (Wildman–Crippen MR) is 54.0 cm³/mol. The third-order valence-corrected chi connectivity index (χ3v) is 2.37. The maximum atomic E-state index is 5.08. The maximum Gasteiger partial charge on any atom is 0.0643 e. The standard InChI is InChI=1S/C10H17N3O/c1-2-3-13-6-9(5-12-13)4-11-10-7-14-8-10/h5-6,10-11H,2-4,7-8H2,1H3. The van der Waals surface area contributed by atoms with Gasteiger partial charge in [0.2, 0.25) is 0 Å². The third kappa shape index (κ3) is 2.33. The van der Waals surface area contributed by atoms with Crippen LogP contribution < -0.4 is 5.32 Å². The second kappa shape index (κ2) is 4.57. The summed E-state index contributed by atoms with van der Waals surface area (Å²) in [5.74, 6) is 0. The van der Waals surface area contributed by atoms with Crippen molar-refractivity contribution in [2.45, 2.75) is 32.5 Å². The molecule has 0 amide bonds. The summed E-state index contributed by atoms with van der Waals surface area (Å²) in [6, 6.07) is 0.546. The molecule has 0 bridgehead atoms. The van der Waals surface area contributed by atoms with E-state index in [1.807, 2.05) is 10.9 Å². The highest BCUT2D eigenvalue weighted by molar-refractivity contribution is 5.03. The summed E-state index contributed by atoms with van der Waals surface area (Å²) >= 11 is 0. The van der Waals surface area contributed by atoms with Crippen molar-refractivity contribution in [3.8, 4) is 0 Å². The van der Waals surface area contributed by atoms with E-state index >= 15 is 0 Å². The number of aromatic nitrogens is 2. The summed E-state index contributed by atoms with van der Waals surface area (Å²) in [4.78, 5) is 0. The smallest absolute Gasteiger partial charge is 0.0643 e. The highest BCUT2D eigenvalue weighted by Gasteiger charge is 2.17. The van der Waals surface area contributed by atoms with Crippen LogP contribution >= 0.6 is 0 Å². The largest absolute Gasteiger partial charge is 0.378 e. The van der Waals surface area contributed by atoms with Gasteiger partial charge in [0.25, 0.3) is 0 Å². The molecule has 1 aliphatic heterocycles. The summed E-state index contributed by atoms with van der Waals surface area (Å²) in [5, 5.41) is 7.69. The van der Waals surface area contributed by atoms with E-state index in [0.717, 1.165) is 32.7 Å². The number of nitrogens with zero attached hydrogens (tertiary/aromatic N) is 2. The van der Waals surface area contributed by atoms with Crippen molar-refractivity contribution in [2.24, 2.45) is 0 Å². The Balaban J connectivity index is 1.77. The van der Waals surface area contributed by atoms with Crippen molar-refractivity contribution >= 4 is 0 Å². The first-order chi connectivity index (χ1) is 6.88. The summed E-state index contributed by atoms with van der Waals surface area (Å²) in [6.45, 7) is 5.77. The zero-order valence-corrected chi connectivity index (χ0v) is 8.57. The molecule has 1 N–H and O–H groups in total. The van der Waals surface area contributed by atoms with Crippen LogP contribution in [0.2, 0.25) is 0 Å². The number of hydrogen-bond donors (Lipinski definition) is 1. The lowest BCUT2D eigenvalue weighted by Gasteiger charge is -2.26. The lowest BCUT2D eigenvalue weighted by Crippen LogP contribution is -2.45. The number of hydrogen-bond acceptors (Lipinski definition) is 3. The third-order valence-electron chi connectivity index (χ3n) is 2.37. The molecule has 1 aromatic rings. The van der Waals surface area contributed by atoms with Gasteiger partial charge in [-0.2, -0.15) is 5.10 Å². The quantitative estimate of drug-likeness (QED) is 0.754. The van der Waals surface area contributed by atoms with E-state index < -0.39 is 0 Å². The summed E-state index contributed by atoms with van der Waals surface area (Å²) < 4.78 is 7.08. The Morgan fingerprint density at radius 1 is 1.64 bits per heavy atom. The highest BCUT2D eigenvalue weighted by atomic mass is 16.5. The summed E-state index contributed by atoms with van der Waals surface area (Å²) in [7, 11) is 0. The second-order valence-electron chi connectivity index (χ2n) is 3.73. The molecule has 1 saturated heterocycles. The van der Waals surface area contributed by atoms with Crippen molar-refractivity contribution in [2.75, 3.05) is 13.2 Å². The first kappa shape index (κ1) is 9.68. The van der Waals surface area contributed by atoms with E-state index in [4.69, 9.17) is 4.74 Å². The van der Waals surface area contributed by atoms with Crippen LogP contribution in [0.3, 0.4) is 0 Å². The van der Waals surface area contributed by atoms with Gasteiger partial charge < -0.3 is 10.1 Å². The summed E-state index contributed by atoms with van der Waals surface area (Å²) in [6.07, 6.45) is 5.17. The fourth-order valence-corrected chi connectivity index (χ4v) is 1.46. The molecule has 0 unspecified atom stereocenters. The Hall–Kier alpha value is -0.870. The molecule has 2 heterocycles. The zero-order valence-electron chi connectivity index (χ0n) is 8.57. The van der Waals surface area contributed by atoms with Gasteiger partial charge in [-0.15, -0.1) is 0 Å². The monoisotopic (exact) mass is 195 g/mol. The molecule has 4 heteroatoms. The van der Waals surface area contributed by atoms with E-state index in [1.54, 1.807) is 0 Å². The van der Waals surface area contributed by atoms with Crippen molar-refractivity contribution in [3.05, 3.63) is 18.0 Å². The normalized spacial score (nSPS) is 16.9. The van der Waals surface area contributed by atoms with E-state index in [9.17, 15) is 0 Å². The molecule has 1 aliphatic rings. The van der Waals surface area contributed by atoms with E-state index in [0.29, 0.717) is 6.04 Å². The highest BCUT2D eigenvalue weighted by Crippen LogP contribution is 2.03. The fraction of sp³-hybridized carbons (Fsp3) is 0.700. The van der Waals surface area contributed by atoms with Crippen LogP contribution in [-0.4, -0.2) is 29.0 Å². The van der Waals surface area contributed by atoms with Gasteiger partial charge in [0.1, 0.15) is 0 Å². The molecule has 0 atom stereocenters. The molecule has 0 aromatic carbocycles. The van der Waals surface area contributed by atoms with Gasteiger partial charge in [-0.05, 0) is 6.42 Å². The lowest BCUT2D eigenvalue weighted by molar-refractivity contribution is -0.00578. The molecule has 1 aromatic heterocycles. The first-order valence-electron chi connectivity index (χ1n) is 5.21. The number of ether oxygens (including phenoxy) is 1. The van der Waals surface area contributed by atoms with Gasteiger partial charge in [0.15, 0.2) is 0 Å². The Labute approximate surface area is 84.3 Å². The second-order valence-corrected chi connectivity index (χ2v) is 3.73. The minimum Gasteiger partial charge on any atom is -0.378 e. The molecule has 2 rings (SSSR count). The van der Waals surface area contributed by atoms with Crippen molar-refractivity contribution < 1.29 is 4.74 Å². The van der Waals surface area contributed by atoms with Crippen LogP contribution in [0.1, 0.15) is 18.9 Å². The molecular weight excluding hydrogens is 178 g/mol. The van der Waals surface area contributed by atoms with Gasteiger partial charge in [-0.25, -0.2) is 0 Å². The van der Waals surface area contributed by atoms with Gasteiger partial charge in [-0.3, -0.25) is 4.68 Å². The van der Waals surface area contributed by atoms with Gasteiger partial charge in [0.05, 0.1) is 25.5 Å². The van der Waals surface area contributed by atoms with Crippen molar-refractivity contribution in [1.29, 1.82) is 0 Å². The Bertz CT molecular complexity index is 281. The first-order valence-corrected chi connectivity index (χ1v) is 5.21. The molecule has 0 spiro atoms. The van der Waals surface area contributed by atoms with E-state index in [2.05, 4.69) is 23.5 Å². The van der Waals surface area contributed by atoms with Crippen molar-refractivity contribution in [1.82, 2.24) is 15.1 Å². The van der Waals surface area contributed by atoms with Gasteiger partial charge in [0, 0.05) is 24.8 Å². The molecule has 78 valence electrons. The zero-order chi connectivity index (χ0) is 9.80. The molecule has 14 heavy (non-hydrogen) atoms. The molecule has 4 nitrogen and oxygen atoms in total. The van der Waals surface area contributed by atoms with Crippen LogP contribution in [0.25, 0.3) is 0 Å². The minimum atomic E-state index is 0.546. The molecule has 0 saturated carbocycles. The predicted octanol–water partition coefficient (Wildman–Crippen LogP) is 0.781.